The zero-order valence-electron chi connectivity index (χ0n) is 25.6. The van der Waals surface area contributed by atoms with Crippen LogP contribution in [0.4, 0.5) is 0 Å². The molecule has 0 aliphatic heterocycles. The second kappa shape index (κ2) is 27.2. The van der Waals surface area contributed by atoms with Crippen molar-refractivity contribution in [3.63, 3.8) is 0 Å². The number of carboxylic acids is 3. The molecule has 2 amide bonds. The molecule has 0 aliphatic rings. The predicted octanol–water partition coefficient (Wildman–Crippen LogP) is 5.14. The first-order chi connectivity index (χ1) is 20.1. The molecule has 0 saturated heterocycles. The molecular weight excluding hydrogens is 542 g/mol. The first kappa shape index (κ1) is 39.3. The van der Waals surface area contributed by atoms with Crippen molar-refractivity contribution in [1.29, 1.82) is 0 Å². The molecule has 0 fully saturated rings. The van der Waals surface area contributed by atoms with Crippen molar-refractivity contribution in [1.82, 2.24) is 10.6 Å². The quantitative estimate of drug-likeness (QED) is 0.0605. The minimum Gasteiger partial charge on any atom is -0.481 e. The van der Waals surface area contributed by atoms with Crippen molar-refractivity contribution in [2.45, 2.75) is 160 Å². The number of hydrogen-bond donors (Lipinski definition) is 6. The van der Waals surface area contributed by atoms with Crippen LogP contribution >= 0.6 is 0 Å². The monoisotopic (exact) mass is 599 g/mol. The third kappa shape index (κ3) is 26.2. The summed E-state index contributed by atoms with van der Waals surface area (Å²) in [6.45, 7) is 0.357. The van der Waals surface area contributed by atoms with Crippen molar-refractivity contribution in [2.75, 3.05) is 6.54 Å². The Kier molecular flexibility index (Phi) is 25.4. The molecule has 0 aromatic rings. The van der Waals surface area contributed by atoms with E-state index in [9.17, 15) is 29.1 Å². The van der Waals surface area contributed by atoms with E-state index in [4.69, 9.17) is 15.9 Å². The number of carbonyl (C=O) groups is 5. The standard InChI is InChI=1S/C31H57N3O8/c32-25(30(39)40)19-17-18-24-33-27(35)23-22-26(31(41)42)34-28(36)20-15-13-11-9-7-5-3-1-2-4-6-8-10-12-14-16-21-29(37)38/h25-26H,1-24,32H2,(H,33,35)(H,34,36)(H,37,38)(H,39,40)(H,41,42)/t25-,26-/m0/s1. The lowest BCUT2D eigenvalue weighted by atomic mass is 10.0. The molecule has 0 aromatic heterocycles. The van der Waals surface area contributed by atoms with E-state index in [0.717, 1.165) is 38.5 Å². The molecule has 2 atom stereocenters. The van der Waals surface area contributed by atoms with Crippen LogP contribution in [0.25, 0.3) is 0 Å². The molecular formula is C31H57N3O8. The lowest BCUT2D eigenvalue weighted by Crippen LogP contribution is -2.41. The van der Waals surface area contributed by atoms with Gasteiger partial charge in [-0.15, -0.1) is 0 Å². The third-order valence-electron chi connectivity index (χ3n) is 7.42. The van der Waals surface area contributed by atoms with E-state index in [-0.39, 0.29) is 37.5 Å². The zero-order valence-corrected chi connectivity index (χ0v) is 25.6. The Hall–Kier alpha value is -2.69. The van der Waals surface area contributed by atoms with Crippen LogP contribution in [0, 0.1) is 0 Å². The van der Waals surface area contributed by atoms with Crippen LogP contribution in [-0.4, -0.2) is 63.7 Å². The number of rotatable bonds is 30. The fourth-order valence-electron chi connectivity index (χ4n) is 4.76. The van der Waals surface area contributed by atoms with Gasteiger partial charge in [0, 0.05) is 25.8 Å². The Labute approximate surface area is 251 Å². The van der Waals surface area contributed by atoms with Gasteiger partial charge in [0.05, 0.1) is 0 Å². The lowest BCUT2D eigenvalue weighted by molar-refractivity contribution is -0.142. The maximum Gasteiger partial charge on any atom is 0.326 e. The first-order valence-corrected chi connectivity index (χ1v) is 16.1. The smallest absolute Gasteiger partial charge is 0.326 e. The topological polar surface area (TPSA) is 196 Å². The van der Waals surface area contributed by atoms with E-state index in [1.807, 2.05) is 0 Å². The van der Waals surface area contributed by atoms with E-state index >= 15 is 0 Å². The molecule has 0 unspecified atom stereocenters. The largest absolute Gasteiger partial charge is 0.481 e. The summed E-state index contributed by atoms with van der Waals surface area (Å²) >= 11 is 0. The number of aliphatic carboxylic acids is 3. The van der Waals surface area contributed by atoms with Crippen LogP contribution < -0.4 is 16.4 Å². The fourth-order valence-corrected chi connectivity index (χ4v) is 4.76. The Bertz CT molecular complexity index is 762. The second-order valence-corrected chi connectivity index (χ2v) is 11.3. The molecule has 0 spiro atoms. The van der Waals surface area contributed by atoms with E-state index in [1.54, 1.807) is 0 Å². The molecule has 244 valence electrons. The molecule has 0 rings (SSSR count). The fraction of sp³-hybridized carbons (Fsp3) is 0.839. The number of nitrogens with one attached hydrogen (secondary N) is 2. The lowest BCUT2D eigenvalue weighted by Gasteiger charge is -2.14. The molecule has 0 aromatic carbocycles. The summed E-state index contributed by atoms with van der Waals surface area (Å²) in [4.78, 5) is 56.8. The van der Waals surface area contributed by atoms with E-state index in [2.05, 4.69) is 10.6 Å². The maximum atomic E-state index is 12.2. The molecule has 0 radical (unpaired) electrons. The van der Waals surface area contributed by atoms with Gasteiger partial charge in [-0.2, -0.15) is 0 Å². The molecule has 0 bridgehead atoms. The highest BCUT2D eigenvalue weighted by molar-refractivity contribution is 5.84. The van der Waals surface area contributed by atoms with Gasteiger partial charge in [0.25, 0.3) is 0 Å². The number of amides is 2. The number of unbranched alkanes of at least 4 members (excludes halogenated alkanes) is 16. The minimum atomic E-state index is -1.16. The highest BCUT2D eigenvalue weighted by atomic mass is 16.4. The summed E-state index contributed by atoms with van der Waals surface area (Å²) in [6, 6.07) is -2.02. The van der Waals surface area contributed by atoms with Crippen LogP contribution in [0.5, 0.6) is 0 Å². The summed E-state index contributed by atoms with van der Waals surface area (Å²) in [5.41, 5.74) is 5.42. The number of nitrogens with two attached hydrogens (primary N) is 1. The molecule has 42 heavy (non-hydrogen) atoms. The van der Waals surface area contributed by atoms with Crippen molar-refractivity contribution >= 4 is 29.7 Å². The Morgan fingerprint density at radius 3 is 1.38 bits per heavy atom. The average molecular weight is 600 g/mol. The molecule has 11 nitrogen and oxygen atoms in total. The highest BCUT2D eigenvalue weighted by Crippen LogP contribution is 2.14. The maximum absolute atomic E-state index is 12.2. The molecule has 0 saturated carbocycles. The summed E-state index contributed by atoms with van der Waals surface area (Å²) in [7, 11) is 0. The number of hydrogen-bond acceptors (Lipinski definition) is 6. The Morgan fingerprint density at radius 2 is 0.952 bits per heavy atom. The molecule has 11 heteroatoms. The zero-order chi connectivity index (χ0) is 31.4. The van der Waals surface area contributed by atoms with Crippen molar-refractivity contribution in [2.24, 2.45) is 5.73 Å². The Balaban J connectivity index is 3.65. The summed E-state index contributed by atoms with van der Waals surface area (Å²) in [5.74, 6) is -3.54. The van der Waals surface area contributed by atoms with Gasteiger partial charge in [-0.05, 0) is 38.5 Å². The molecule has 0 heterocycles. The van der Waals surface area contributed by atoms with Gasteiger partial charge < -0.3 is 31.7 Å². The SMILES string of the molecule is N[C@@H](CCCCNC(=O)CC[C@H](NC(=O)CCCCCCCCCCCCCCCCCCC(=O)O)C(=O)O)C(=O)O. The summed E-state index contributed by atoms with van der Waals surface area (Å²) in [6.07, 6.45) is 20.0. The normalized spacial score (nSPS) is 12.4. The van der Waals surface area contributed by atoms with Crippen molar-refractivity contribution < 1.29 is 39.3 Å². The van der Waals surface area contributed by atoms with Gasteiger partial charge in [-0.25, -0.2) is 4.79 Å². The van der Waals surface area contributed by atoms with Crippen LogP contribution in [0.15, 0.2) is 0 Å². The van der Waals surface area contributed by atoms with Crippen LogP contribution in [0.1, 0.15) is 148 Å². The van der Waals surface area contributed by atoms with Gasteiger partial charge in [-0.1, -0.05) is 89.9 Å². The third-order valence-corrected chi connectivity index (χ3v) is 7.42. The van der Waals surface area contributed by atoms with Gasteiger partial charge in [-0.3, -0.25) is 19.2 Å². The van der Waals surface area contributed by atoms with Gasteiger partial charge in [0.15, 0.2) is 0 Å². The molecule has 7 N–H and O–H groups in total. The molecule has 0 aliphatic carbocycles. The van der Waals surface area contributed by atoms with Crippen LogP contribution in [-0.2, 0) is 24.0 Å². The highest BCUT2D eigenvalue weighted by Gasteiger charge is 2.20. The van der Waals surface area contributed by atoms with Crippen molar-refractivity contribution in [3.05, 3.63) is 0 Å². The summed E-state index contributed by atoms with van der Waals surface area (Å²) < 4.78 is 0. The van der Waals surface area contributed by atoms with Gasteiger partial charge >= 0.3 is 17.9 Å². The predicted molar refractivity (Wildman–Crippen MR) is 162 cm³/mol. The Morgan fingerprint density at radius 1 is 0.500 bits per heavy atom. The number of carbonyl (C=O) groups excluding carboxylic acids is 2. The van der Waals surface area contributed by atoms with Crippen molar-refractivity contribution in [3.8, 4) is 0 Å². The van der Waals surface area contributed by atoms with E-state index in [1.165, 1.54) is 57.8 Å². The number of carboxylic acid groups (broad SMARTS) is 3. The summed E-state index contributed by atoms with van der Waals surface area (Å²) in [5, 5.41) is 31.9. The second-order valence-electron chi connectivity index (χ2n) is 11.3. The van der Waals surface area contributed by atoms with E-state index < -0.39 is 30.0 Å². The van der Waals surface area contributed by atoms with Crippen LogP contribution in [0.2, 0.25) is 0 Å². The van der Waals surface area contributed by atoms with Crippen LogP contribution in [0.3, 0.4) is 0 Å². The minimum absolute atomic E-state index is 0.00692. The van der Waals surface area contributed by atoms with Gasteiger partial charge in [0.2, 0.25) is 11.8 Å². The van der Waals surface area contributed by atoms with E-state index in [0.29, 0.717) is 32.2 Å². The first-order valence-electron chi connectivity index (χ1n) is 16.1. The van der Waals surface area contributed by atoms with Gasteiger partial charge in [0.1, 0.15) is 12.1 Å². The average Bonchev–Trinajstić information content (AvgIpc) is 2.93.